The zero-order valence-corrected chi connectivity index (χ0v) is 8.52. The number of nitrogens with zero attached hydrogens (tertiary/aromatic N) is 1. The topological polar surface area (TPSA) is 52.9 Å². The quantitative estimate of drug-likeness (QED) is 0.760. The fourth-order valence-electron chi connectivity index (χ4n) is 1.69. The van der Waals surface area contributed by atoms with Gasteiger partial charge in [-0.15, -0.1) is 0 Å². The first-order valence-electron chi connectivity index (χ1n) is 5.06. The molecule has 0 spiro atoms. The predicted octanol–water partition coefficient (Wildman–Crippen LogP) is 0.930. The van der Waals surface area contributed by atoms with Gasteiger partial charge in [0.2, 0.25) is 0 Å². The van der Waals surface area contributed by atoms with Crippen LogP contribution < -0.4 is 0 Å². The SMILES string of the molecule is Oc1ccc(CN2CCOCC2)c(O)c1. The van der Waals surface area contributed by atoms with Gasteiger partial charge >= 0.3 is 0 Å². The molecule has 0 radical (unpaired) electrons. The summed E-state index contributed by atoms with van der Waals surface area (Å²) in [5.74, 6) is 0.250. The van der Waals surface area contributed by atoms with Crippen molar-refractivity contribution in [2.24, 2.45) is 0 Å². The van der Waals surface area contributed by atoms with Gasteiger partial charge in [-0.1, -0.05) is 6.07 Å². The Bertz CT molecular complexity index is 335. The van der Waals surface area contributed by atoms with E-state index in [2.05, 4.69) is 4.90 Å². The van der Waals surface area contributed by atoms with Crippen LogP contribution in [0.2, 0.25) is 0 Å². The van der Waals surface area contributed by atoms with Gasteiger partial charge in [0, 0.05) is 31.3 Å². The van der Waals surface area contributed by atoms with Gasteiger partial charge in [-0.25, -0.2) is 0 Å². The Hall–Kier alpha value is -1.26. The zero-order chi connectivity index (χ0) is 10.7. The van der Waals surface area contributed by atoms with Crippen LogP contribution in [-0.2, 0) is 11.3 Å². The van der Waals surface area contributed by atoms with E-state index in [0.717, 1.165) is 31.9 Å². The van der Waals surface area contributed by atoms with Gasteiger partial charge in [0.05, 0.1) is 13.2 Å². The highest BCUT2D eigenvalue weighted by molar-refractivity contribution is 5.38. The molecule has 0 amide bonds. The summed E-state index contributed by atoms with van der Waals surface area (Å²) in [6.07, 6.45) is 0. The van der Waals surface area contributed by atoms with Crippen molar-refractivity contribution in [3.05, 3.63) is 23.8 Å². The highest BCUT2D eigenvalue weighted by atomic mass is 16.5. The second-order valence-electron chi connectivity index (χ2n) is 3.70. The Kier molecular flexibility index (Phi) is 3.08. The number of rotatable bonds is 2. The third kappa shape index (κ3) is 2.61. The molecule has 1 fully saturated rings. The van der Waals surface area contributed by atoms with Gasteiger partial charge in [0.15, 0.2) is 0 Å². The maximum atomic E-state index is 9.60. The standard InChI is InChI=1S/C11H15NO3/c13-10-2-1-9(11(14)7-10)8-12-3-5-15-6-4-12/h1-2,7,13-14H,3-6,8H2. The maximum Gasteiger partial charge on any atom is 0.123 e. The van der Waals surface area contributed by atoms with Gasteiger partial charge in [0.1, 0.15) is 11.5 Å². The second-order valence-corrected chi connectivity index (χ2v) is 3.70. The Balaban J connectivity index is 2.03. The van der Waals surface area contributed by atoms with Crippen LogP contribution in [0.4, 0.5) is 0 Å². The normalized spacial score (nSPS) is 17.9. The fraction of sp³-hybridized carbons (Fsp3) is 0.455. The van der Waals surface area contributed by atoms with Crippen molar-refractivity contribution >= 4 is 0 Å². The molecule has 0 unspecified atom stereocenters. The minimum atomic E-state index is 0.0956. The van der Waals surface area contributed by atoms with Crippen molar-refractivity contribution in [1.29, 1.82) is 0 Å². The van der Waals surface area contributed by atoms with Crippen molar-refractivity contribution < 1.29 is 14.9 Å². The van der Waals surface area contributed by atoms with Gasteiger partial charge in [-0.2, -0.15) is 0 Å². The summed E-state index contributed by atoms with van der Waals surface area (Å²) >= 11 is 0. The molecule has 1 saturated heterocycles. The molecule has 1 heterocycles. The average Bonchev–Trinajstić information content (AvgIpc) is 2.24. The number of morpholine rings is 1. The van der Waals surface area contributed by atoms with Crippen LogP contribution in [0.15, 0.2) is 18.2 Å². The first-order valence-corrected chi connectivity index (χ1v) is 5.06. The van der Waals surface area contributed by atoms with Gasteiger partial charge in [-0.3, -0.25) is 4.90 Å². The summed E-state index contributed by atoms with van der Waals surface area (Å²) in [6.45, 7) is 3.98. The lowest BCUT2D eigenvalue weighted by Gasteiger charge is -2.26. The molecular weight excluding hydrogens is 194 g/mol. The summed E-state index contributed by atoms with van der Waals surface area (Å²) in [7, 11) is 0. The molecule has 82 valence electrons. The molecular formula is C11H15NO3. The van der Waals surface area contributed by atoms with Crippen molar-refractivity contribution in [2.45, 2.75) is 6.54 Å². The number of aromatic hydroxyl groups is 2. The highest BCUT2D eigenvalue weighted by Crippen LogP contribution is 2.23. The van der Waals surface area contributed by atoms with E-state index in [0.29, 0.717) is 6.54 Å². The molecule has 0 aliphatic carbocycles. The van der Waals surface area contributed by atoms with Crippen LogP contribution in [0, 0.1) is 0 Å². The molecule has 1 aliphatic rings. The summed E-state index contributed by atoms with van der Waals surface area (Å²) in [6, 6.07) is 4.71. The van der Waals surface area contributed by atoms with Gasteiger partial charge < -0.3 is 14.9 Å². The Morgan fingerprint density at radius 2 is 1.93 bits per heavy atom. The minimum Gasteiger partial charge on any atom is -0.508 e. The number of phenols is 2. The van der Waals surface area contributed by atoms with Crippen LogP contribution in [-0.4, -0.2) is 41.4 Å². The average molecular weight is 209 g/mol. The third-order valence-electron chi connectivity index (χ3n) is 2.57. The third-order valence-corrected chi connectivity index (χ3v) is 2.57. The van der Waals surface area contributed by atoms with Crippen LogP contribution in [0.5, 0.6) is 11.5 Å². The van der Waals surface area contributed by atoms with Crippen molar-refractivity contribution in [2.75, 3.05) is 26.3 Å². The predicted molar refractivity (Wildman–Crippen MR) is 55.9 cm³/mol. The van der Waals surface area contributed by atoms with E-state index in [1.807, 2.05) is 0 Å². The van der Waals surface area contributed by atoms with E-state index in [4.69, 9.17) is 9.84 Å². The summed E-state index contributed by atoms with van der Waals surface area (Å²) in [5.41, 5.74) is 0.842. The van der Waals surface area contributed by atoms with Crippen LogP contribution in [0.25, 0.3) is 0 Å². The van der Waals surface area contributed by atoms with Gasteiger partial charge in [0.25, 0.3) is 0 Å². The van der Waals surface area contributed by atoms with E-state index >= 15 is 0 Å². The molecule has 2 rings (SSSR count). The molecule has 15 heavy (non-hydrogen) atoms. The largest absolute Gasteiger partial charge is 0.508 e. The van der Waals surface area contributed by atoms with Crippen LogP contribution in [0.1, 0.15) is 5.56 Å². The Morgan fingerprint density at radius 3 is 2.60 bits per heavy atom. The highest BCUT2D eigenvalue weighted by Gasteiger charge is 2.12. The molecule has 0 atom stereocenters. The van der Waals surface area contributed by atoms with Crippen molar-refractivity contribution in [1.82, 2.24) is 4.90 Å². The molecule has 0 saturated carbocycles. The number of benzene rings is 1. The molecule has 0 aromatic heterocycles. The van der Waals surface area contributed by atoms with E-state index in [-0.39, 0.29) is 11.5 Å². The molecule has 1 aliphatic heterocycles. The monoisotopic (exact) mass is 209 g/mol. The number of ether oxygens (including phenoxy) is 1. The second kappa shape index (κ2) is 4.51. The summed E-state index contributed by atoms with van der Waals surface area (Å²) < 4.78 is 5.24. The first-order chi connectivity index (χ1) is 7.25. The molecule has 4 heteroatoms. The molecule has 0 bridgehead atoms. The number of hydrogen-bond donors (Lipinski definition) is 2. The smallest absolute Gasteiger partial charge is 0.123 e. The van der Waals surface area contributed by atoms with Crippen LogP contribution in [0.3, 0.4) is 0 Å². The van der Waals surface area contributed by atoms with E-state index in [1.54, 1.807) is 12.1 Å². The zero-order valence-electron chi connectivity index (χ0n) is 8.52. The number of phenolic OH excluding ortho intramolecular Hbond substituents is 2. The van der Waals surface area contributed by atoms with Crippen molar-refractivity contribution in [3.63, 3.8) is 0 Å². The van der Waals surface area contributed by atoms with E-state index in [1.165, 1.54) is 6.07 Å². The lowest BCUT2D eigenvalue weighted by atomic mass is 10.1. The fourth-order valence-corrected chi connectivity index (χ4v) is 1.69. The van der Waals surface area contributed by atoms with E-state index in [9.17, 15) is 5.11 Å². The van der Waals surface area contributed by atoms with Crippen molar-refractivity contribution in [3.8, 4) is 11.5 Å². The molecule has 2 N–H and O–H groups in total. The lowest BCUT2D eigenvalue weighted by Crippen LogP contribution is -2.35. The number of hydrogen-bond acceptors (Lipinski definition) is 4. The summed E-state index contributed by atoms with van der Waals surface area (Å²) in [5, 5.41) is 18.8. The molecule has 1 aromatic rings. The van der Waals surface area contributed by atoms with Crippen LogP contribution >= 0.6 is 0 Å². The Labute approximate surface area is 88.7 Å². The maximum absolute atomic E-state index is 9.60. The van der Waals surface area contributed by atoms with E-state index < -0.39 is 0 Å². The lowest BCUT2D eigenvalue weighted by molar-refractivity contribution is 0.0339. The van der Waals surface area contributed by atoms with Gasteiger partial charge in [-0.05, 0) is 6.07 Å². The minimum absolute atomic E-state index is 0.0956. The first kappa shape index (κ1) is 10.3. The Morgan fingerprint density at radius 1 is 1.20 bits per heavy atom. The molecule has 1 aromatic carbocycles. The summed E-state index contributed by atoms with van der Waals surface area (Å²) in [4.78, 5) is 2.22. The molecule has 4 nitrogen and oxygen atoms in total.